The molecule has 0 aromatic heterocycles. The van der Waals surface area contributed by atoms with Crippen molar-refractivity contribution in [3.63, 3.8) is 0 Å². The zero-order valence-corrected chi connectivity index (χ0v) is 10.8. The topological polar surface area (TPSA) is 56.1 Å². The highest BCUT2D eigenvalue weighted by molar-refractivity contribution is 5.78. The molecular formula is C14H16FN3O. The van der Waals surface area contributed by atoms with Crippen molar-refractivity contribution in [3.8, 4) is 6.07 Å². The van der Waals surface area contributed by atoms with Crippen LogP contribution in [0, 0.1) is 17.1 Å². The minimum atomic E-state index is -0.426. The van der Waals surface area contributed by atoms with Gasteiger partial charge < -0.3 is 5.32 Å². The predicted octanol–water partition coefficient (Wildman–Crippen LogP) is 1.41. The average molecular weight is 261 g/mol. The summed E-state index contributed by atoms with van der Waals surface area (Å²) in [4.78, 5) is 13.4. The third-order valence-electron chi connectivity index (χ3n) is 2.90. The molecular weight excluding hydrogens is 245 g/mol. The smallest absolute Gasteiger partial charge is 0.234 e. The summed E-state index contributed by atoms with van der Waals surface area (Å²) in [5.41, 5.74) is 0.990. The maximum Gasteiger partial charge on any atom is 0.234 e. The second-order valence-electron chi connectivity index (χ2n) is 4.97. The van der Waals surface area contributed by atoms with Crippen molar-refractivity contribution in [2.45, 2.75) is 25.4 Å². The highest BCUT2D eigenvalue weighted by Crippen LogP contribution is 2.18. The molecule has 1 aromatic rings. The van der Waals surface area contributed by atoms with Gasteiger partial charge in [-0.1, -0.05) is 0 Å². The zero-order chi connectivity index (χ0) is 13.8. The maximum atomic E-state index is 13.3. The number of carbonyl (C=O) groups excluding carboxylic acids is 1. The van der Waals surface area contributed by atoms with E-state index in [2.05, 4.69) is 5.32 Å². The number of halogens is 1. The van der Waals surface area contributed by atoms with Crippen molar-refractivity contribution >= 4 is 5.91 Å². The summed E-state index contributed by atoms with van der Waals surface area (Å²) in [6.07, 6.45) is 2.12. The number of amides is 1. The van der Waals surface area contributed by atoms with E-state index < -0.39 is 5.82 Å². The number of hydrogen-bond acceptors (Lipinski definition) is 3. The van der Waals surface area contributed by atoms with Gasteiger partial charge in [-0.3, -0.25) is 9.69 Å². The van der Waals surface area contributed by atoms with E-state index in [1.54, 1.807) is 18.0 Å². The van der Waals surface area contributed by atoms with E-state index in [1.165, 1.54) is 12.1 Å². The first-order chi connectivity index (χ1) is 9.06. The van der Waals surface area contributed by atoms with Crippen molar-refractivity contribution in [1.82, 2.24) is 10.2 Å². The Labute approximate surface area is 111 Å². The monoisotopic (exact) mass is 261 g/mol. The molecule has 0 heterocycles. The van der Waals surface area contributed by atoms with E-state index in [-0.39, 0.29) is 12.5 Å². The molecule has 5 heteroatoms. The molecule has 100 valence electrons. The first kappa shape index (κ1) is 13.5. The quantitative estimate of drug-likeness (QED) is 0.872. The van der Waals surface area contributed by atoms with Gasteiger partial charge in [0.05, 0.1) is 18.2 Å². The Morgan fingerprint density at radius 2 is 2.26 bits per heavy atom. The van der Waals surface area contributed by atoms with Crippen molar-refractivity contribution in [3.05, 3.63) is 35.1 Å². The van der Waals surface area contributed by atoms with E-state index in [0.29, 0.717) is 23.7 Å². The van der Waals surface area contributed by atoms with E-state index in [9.17, 15) is 9.18 Å². The lowest BCUT2D eigenvalue weighted by atomic mass is 10.1. The van der Waals surface area contributed by atoms with Gasteiger partial charge in [0.25, 0.3) is 0 Å². The van der Waals surface area contributed by atoms with Gasteiger partial charge in [0, 0.05) is 12.6 Å². The SMILES string of the molecule is CN(CC(=O)NC1CC1)Cc1cc(F)cc(C#N)c1. The van der Waals surface area contributed by atoms with Crippen LogP contribution in [0.15, 0.2) is 18.2 Å². The lowest BCUT2D eigenvalue weighted by molar-refractivity contribution is -0.122. The fraction of sp³-hybridized carbons (Fsp3) is 0.429. The highest BCUT2D eigenvalue weighted by Gasteiger charge is 2.23. The molecule has 0 atom stereocenters. The lowest BCUT2D eigenvalue weighted by Gasteiger charge is -2.16. The van der Waals surface area contributed by atoms with Crippen LogP contribution in [0.2, 0.25) is 0 Å². The van der Waals surface area contributed by atoms with Gasteiger partial charge in [0.15, 0.2) is 0 Å². The van der Waals surface area contributed by atoms with E-state index in [0.717, 1.165) is 12.8 Å². The van der Waals surface area contributed by atoms with Gasteiger partial charge in [-0.25, -0.2) is 4.39 Å². The number of nitrogens with one attached hydrogen (secondary N) is 1. The number of rotatable bonds is 5. The fourth-order valence-corrected chi connectivity index (χ4v) is 1.92. The minimum Gasteiger partial charge on any atom is -0.352 e. The second-order valence-corrected chi connectivity index (χ2v) is 4.97. The summed E-state index contributed by atoms with van der Waals surface area (Å²) in [5.74, 6) is -0.438. The van der Waals surface area contributed by atoms with Crippen molar-refractivity contribution in [2.24, 2.45) is 0 Å². The Balaban J connectivity index is 1.90. The van der Waals surface area contributed by atoms with Crippen LogP contribution in [0.5, 0.6) is 0 Å². The molecule has 4 nitrogen and oxygen atoms in total. The standard InChI is InChI=1S/C14H16FN3O/c1-18(9-14(19)17-13-2-3-13)8-11-4-10(7-16)5-12(15)6-11/h4-6,13H,2-3,8-9H2,1H3,(H,17,19). The highest BCUT2D eigenvalue weighted by atomic mass is 19.1. The van der Waals surface area contributed by atoms with Crippen LogP contribution in [0.25, 0.3) is 0 Å². The van der Waals surface area contributed by atoms with Crippen LogP contribution in [-0.2, 0) is 11.3 Å². The summed E-state index contributed by atoms with van der Waals surface area (Å²) < 4.78 is 13.3. The lowest BCUT2D eigenvalue weighted by Crippen LogP contribution is -2.35. The van der Waals surface area contributed by atoms with Crippen LogP contribution in [0.4, 0.5) is 4.39 Å². The average Bonchev–Trinajstić information content (AvgIpc) is 3.11. The fourth-order valence-electron chi connectivity index (χ4n) is 1.92. The zero-order valence-electron chi connectivity index (χ0n) is 10.8. The van der Waals surface area contributed by atoms with Gasteiger partial charge in [0.2, 0.25) is 5.91 Å². The Bertz CT molecular complexity index is 520. The summed E-state index contributed by atoms with van der Waals surface area (Å²) in [7, 11) is 1.80. The second kappa shape index (κ2) is 5.81. The molecule has 0 bridgehead atoms. The summed E-state index contributed by atoms with van der Waals surface area (Å²) in [6, 6.07) is 6.49. The van der Waals surface area contributed by atoms with Crippen LogP contribution < -0.4 is 5.32 Å². The molecule has 0 radical (unpaired) electrons. The number of carbonyl (C=O) groups is 1. The Morgan fingerprint density at radius 1 is 1.53 bits per heavy atom. The molecule has 1 aromatic carbocycles. The summed E-state index contributed by atoms with van der Waals surface area (Å²) in [5, 5.41) is 11.7. The molecule has 0 unspecified atom stereocenters. The third-order valence-corrected chi connectivity index (χ3v) is 2.90. The number of likely N-dealkylation sites (N-methyl/N-ethyl adjacent to an activating group) is 1. The molecule has 1 saturated carbocycles. The van der Waals surface area contributed by atoms with Crippen LogP contribution in [0.1, 0.15) is 24.0 Å². The number of benzene rings is 1. The van der Waals surface area contributed by atoms with Crippen molar-refractivity contribution < 1.29 is 9.18 Å². The molecule has 19 heavy (non-hydrogen) atoms. The molecule has 0 saturated heterocycles. The van der Waals surface area contributed by atoms with Gasteiger partial charge in [0.1, 0.15) is 5.82 Å². The van der Waals surface area contributed by atoms with Crippen molar-refractivity contribution in [2.75, 3.05) is 13.6 Å². The number of nitrogens with zero attached hydrogens (tertiary/aromatic N) is 2. The molecule has 1 N–H and O–H groups in total. The normalized spacial score (nSPS) is 14.2. The molecule has 1 fully saturated rings. The Kier molecular flexibility index (Phi) is 4.13. The van der Waals surface area contributed by atoms with Gasteiger partial charge >= 0.3 is 0 Å². The van der Waals surface area contributed by atoms with E-state index in [4.69, 9.17) is 5.26 Å². The first-order valence-electron chi connectivity index (χ1n) is 6.24. The molecule has 0 spiro atoms. The van der Waals surface area contributed by atoms with Crippen molar-refractivity contribution in [1.29, 1.82) is 5.26 Å². The van der Waals surface area contributed by atoms with Gasteiger partial charge in [-0.15, -0.1) is 0 Å². The predicted molar refractivity (Wildman–Crippen MR) is 68.6 cm³/mol. The number of hydrogen-bond donors (Lipinski definition) is 1. The van der Waals surface area contributed by atoms with E-state index in [1.807, 2.05) is 6.07 Å². The Hall–Kier alpha value is -1.93. The van der Waals surface area contributed by atoms with Crippen LogP contribution >= 0.6 is 0 Å². The first-order valence-corrected chi connectivity index (χ1v) is 6.24. The molecule has 1 amide bonds. The maximum absolute atomic E-state index is 13.3. The molecule has 0 aliphatic heterocycles. The summed E-state index contributed by atoms with van der Waals surface area (Å²) in [6.45, 7) is 0.708. The molecule has 2 rings (SSSR count). The third kappa shape index (κ3) is 4.34. The minimum absolute atomic E-state index is 0.0121. The van der Waals surface area contributed by atoms with E-state index >= 15 is 0 Å². The van der Waals surface area contributed by atoms with Gasteiger partial charge in [-0.2, -0.15) is 5.26 Å². The van der Waals surface area contributed by atoms with Crippen LogP contribution in [0.3, 0.4) is 0 Å². The summed E-state index contributed by atoms with van der Waals surface area (Å²) >= 11 is 0. The van der Waals surface area contributed by atoms with Gasteiger partial charge in [-0.05, 0) is 43.7 Å². The molecule has 1 aliphatic rings. The largest absolute Gasteiger partial charge is 0.352 e. The Morgan fingerprint density at radius 3 is 2.89 bits per heavy atom. The molecule has 1 aliphatic carbocycles. The van der Waals surface area contributed by atoms with Crippen LogP contribution in [-0.4, -0.2) is 30.4 Å². The number of nitriles is 1.